The molecule has 0 spiro atoms. The zero-order chi connectivity index (χ0) is 12.3. The molecular weight excluding hydrogens is 298 g/mol. The first-order valence-electron chi connectivity index (χ1n) is 5.63. The van der Waals surface area contributed by atoms with Crippen LogP contribution in [0.15, 0.2) is 34.4 Å². The summed E-state index contributed by atoms with van der Waals surface area (Å²) in [6.45, 7) is 5.26. The lowest BCUT2D eigenvalue weighted by Gasteiger charge is -2.19. The molecule has 92 valence electrons. The fourth-order valence-electron chi connectivity index (χ4n) is 1.86. The van der Waals surface area contributed by atoms with Gasteiger partial charge in [-0.3, -0.25) is 4.68 Å². The molecule has 2 aromatic heterocycles. The Kier molecular flexibility index (Phi) is 4.36. The zero-order valence-electron chi connectivity index (χ0n) is 9.93. The van der Waals surface area contributed by atoms with Crippen LogP contribution in [0.1, 0.15) is 24.8 Å². The molecule has 2 unspecified atom stereocenters. The van der Waals surface area contributed by atoms with Gasteiger partial charge in [0, 0.05) is 33.8 Å². The van der Waals surface area contributed by atoms with E-state index in [1.165, 1.54) is 9.35 Å². The molecule has 1 N–H and O–H groups in total. The second kappa shape index (κ2) is 5.80. The molecule has 2 aromatic rings. The number of aromatic nitrogens is 2. The number of nitrogens with zero attached hydrogens (tertiary/aromatic N) is 2. The molecule has 2 atom stereocenters. The summed E-state index contributed by atoms with van der Waals surface area (Å²) < 4.78 is 3.14. The minimum Gasteiger partial charge on any atom is -0.305 e. The largest absolute Gasteiger partial charge is 0.305 e. The molecule has 0 amide bonds. The summed E-state index contributed by atoms with van der Waals surface area (Å²) in [5.41, 5.74) is 0. The van der Waals surface area contributed by atoms with Gasteiger partial charge >= 0.3 is 0 Å². The van der Waals surface area contributed by atoms with Crippen molar-refractivity contribution in [3.05, 3.63) is 39.3 Å². The maximum Gasteiger partial charge on any atom is 0.0560 e. The molecule has 0 aromatic carbocycles. The standard InChI is InChI=1S/C12H16BrN3S/c1-9(8-16-6-3-5-14-16)15-10(2)12-11(13)4-7-17-12/h3-7,9-10,15H,8H2,1-2H3. The Labute approximate surface area is 114 Å². The normalized spacial score (nSPS) is 14.8. The van der Waals surface area contributed by atoms with Crippen LogP contribution in [0.2, 0.25) is 0 Å². The van der Waals surface area contributed by atoms with Crippen LogP contribution in [0.3, 0.4) is 0 Å². The van der Waals surface area contributed by atoms with E-state index in [1.807, 2.05) is 23.1 Å². The highest BCUT2D eigenvalue weighted by Crippen LogP contribution is 2.28. The molecule has 3 nitrogen and oxygen atoms in total. The maximum absolute atomic E-state index is 4.21. The van der Waals surface area contributed by atoms with Gasteiger partial charge in [0.15, 0.2) is 0 Å². The zero-order valence-corrected chi connectivity index (χ0v) is 12.3. The van der Waals surface area contributed by atoms with E-state index in [-0.39, 0.29) is 0 Å². The van der Waals surface area contributed by atoms with Crippen LogP contribution in [0.25, 0.3) is 0 Å². The first kappa shape index (κ1) is 12.8. The van der Waals surface area contributed by atoms with Crippen molar-refractivity contribution in [2.24, 2.45) is 0 Å². The predicted molar refractivity (Wildman–Crippen MR) is 75.3 cm³/mol. The van der Waals surface area contributed by atoms with Gasteiger partial charge in [-0.05, 0) is 47.3 Å². The number of rotatable bonds is 5. The van der Waals surface area contributed by atoms with E-state index in [4.69, 9.17) is 0 Å². The van der Waals surface area contributed by atoms with Gasteiger partial charge < -0.3 is 5.32 Å². The van der Waals surface area contributed by atoms with Gasteiger partial charge in [-0.2, -0.15) is 5.10 Å². The lowest BCUT2D eigenvalue weighted by molar-refractivity contribution is 0.415. The highest BCUT2D eigenvalue weighted by atomic mass is 79.9. The molecular formula is C12H16BrN3S. The van der Waals surface area contributed by atoms with Gasteiger partial charge in [-0.15, -0.1) is 11.3 Å². The van der Waals surface area contributed by atoms with E-state index in [2.05, 4.69) is 51.6 Å². The van der Waals surface area contributed by atoms with Crippen molar-refractivity contribution in [1.29, 1.82) is 0 Å². The van der Waals surface area contributed by atoms with Gasteiger partial charge in [0.2, 0.25) is 0 Å². The smallest absolute Gasteiger partial charge is 0.0560 e. The van der Waals surface area contributed by atoms with Gasteiger partial charge in [0.25, 0.3) is 0 Å². The van der Waals surface area contributed by atoms with E-state index in [0.29, 0.717) is 12.1 Å². The minimum atomic E-state index is 0.356. The van der Waals surface area contributed by atoms with Crippen molar-refractivity contribution in [2.45, 2.75) is 32.5 Å². The molecule has 0 radical (unpaired) electrons. The first-order chi connectivity index (χ1) is 8.16. The molecule has 2 heterocycles. The van der Waals surface area contributed by atoms with Crippen LogP contribution >= 0.6 is 27.3 Å². The van der Waals surface area contributed by atoms with Crippen molar-refractivity contribution in [3.8, 4) is 0 Å². The number of nitrogens with one attached hydrogen (secondary N) is 1. The molecule has 0 aliphatic rings. The summed E-state index contributed by atoms with van der Waals surface area (Å²) in [6.07, 6.45) is 3.80. The van der Waals surface area contributed by atoms with E-state index in [1.54, 1.807) is 11.3 Å². The van der Waals surface area contributed by atoms with Gasteiger partial charge in [-0.25, -0.2) is 0 Å². The number of hydrogen-bond donors (Lipinski definition) is 1. The highest BCUT2D eigenvalue weighted by Gasteiger charge is 2.13. The van der Waals surface area contributed by atoms with Gasteiger partial charge in [-0.1, -0.05) is 0 Å². The Hall–Kier alpha value is -0.650. The second-order valence-corrected chi connectivity index (χ2v) is 5.95. The van der Waals surface area contributed by atoms with E-state index >= 15 is 0 Å². The summed E-state index contributed by atoms with van der Waals surface area (Å²) in [7, 11) is 0. The average Bonchev–Trinajstić information content (AvgIpc) is 2.88. The Morgan fingerprint density at radius 3 is 2.94 bits per heavy atom. The molecule has 17 heavy (non-hydrogen) atoms. The van der Waals surface area contributed by atoms with Crippen LogP contribution in [-0.2, 0) is 6.54 Å². The molecule has 0 saturated heterocycles. The van der Waals surface area contributed by atoms with Crippen LogP contribution in [-0.4, -0.2) is 15.8 Å². The Balaban J connectivity index is 1.90. The van der Waals surface area contributed by atoms with Crippen LogP contribution < -0.4 is 5.32 Å². The summed E-state index contributed by atoms with van der Waals surface area (Å²) >= 11 is 5.35. The van der Waals surface area contributed by atoms with Crippen molar-refractivity contribution in [1.82, 2.24) is 15.1 Å². The average molecular weight is 314 g/mol. The lowest BCUT2D eigenvalue weighted by Crippen LogP contribution is -2.32. The van der Waals surface area contributed by atoms with Crippen LogP contribution in [0.4, 0.5) is 0 Å². The van der Waals surface area contributed by atoms with E-state index in [9.17, 15) is 0 Å². The SMILES string of the molecule is CC(Cn1cccn1)NC(C)c1sccc1Br. The maximum atomic E-state index is 4.21. The number of thiophene rings is 1. The molecule has 0 fully saturated rings. The second-order valence-electron chi connectivity index (χ2n) is 4.15. The molecule has 0 saturated carbocycles. The number of halogens is 1. The summed E-state index contributed by atoms with van der Waals surface area (Å²) in [4.78, 5) is 1.34. The monoisotopic (exact) mass is 313 g/mol. The summed E-state index contributed by atoms with van der Waals surface area (Å²) in [5.74, 6) is 0. The fourth-order valence-corrected chi connectivity index (χ4v) is 3.59. The molecule has 0 aliphatic carbocycles. The third-order valence-corrected chi connectivity index (χ3v) is 4.65. The van der Waals surface area contributed by atoms with Gasteiger partial charge in [0.1, 0.15) is 0 Å². The van der Waals surface area contributed by atoms with E-state index < -0.39 is 0 Å². The van der Waals surface area contributed by atoms with Crippen molar-refractivity contribution in [2.75, 3.05) is 0 Å². The third kappa shape index (κ3) is 3.40. The summed E-state index contributed by atoms with van der Waals surface area (Å²) in [6, 6.07) is 4.79. The lowest BCUT2D eigenvalue weighted by atomic mass is 10.2. The van der Waals surface area contributed by atoms with Gasteiger partial charge in [0.05, 0.1) is 6.54 Å². The van der Waals surface area contributed by atoms with Crippen molar-refractivity contribution < 1.29 is 0 Å². The fraction of sp³-hybridized carbons (Fsp3) is 0.417. The molecule has 2 rings (SSSR count). The minimum absolute atomic E-state index is 0.356. The van der Waals surface area contributed by atoms with Crippen LogP contribution in [0.5, 0.6) is 0 Å². The summed E-state index contributed by atoms with van der Waals surface area (Å²) in [5, 5.41) is 9.90. The molecule has 5 heteroatoms. The number of hydrogen-bond acceptors (Lipinski definition) is 3. The highest BCUT2D eigenvalue weighted by molar-refractivity contribution is 9.10. The van der Waals surface area contributed by atoms with Crippen molar-refractivity contribution in [3.63, 3.8) is 0 Å². The Morgan fingerprint density at radius 2 is 2.35 bits per heavy atom. The topological polar surface area (TPSA) is 29.9 Å². The molecule has 0 bridgehead atoms. The first-order valence-corrected chi connectivity index (χ1v) is 7.30. The quantitative estimate of drug-likeness (QED) is 0.916. The Morgan fingerprint density at radius 1 is 1.53 bits per heavy atom. The molecule has 0 aliphatic heterocycles. The Bertz CT molecular complexity index is 452. The van der Waals surface area contributed by atoms with Crippen molar-refractivity contribution >= 4 is 27.3 Å². The predicted octanol–water partition coefficient (Wildman–Crippen LogP) is 3.45. The van der Waals surface area contributed by atoms with E-state index in [0.717, 1.165) is 6.54 Å². The van der Waals surface area contributed by atoms with Crippen LogP contribution in [0, 0.1) is 0 Å². The third-order valence-electron chi connectivity index (χ3n) is 2.59.